The average molecular weight is 491 g/mol. The van der Waals surface area contributed by atoms with Crippen LogP contribution >= 0.6 is 22.6 Å². The number of amides is 1. The molecule has 0 aliphatic rings. The van der Waals surface area contributed by atoms with E-state index < -0.39 is 0 Å². The SMILES string of the molecule is COc1ccc(-c2ccncc2C(=O)NCCCc2cncc(F)c2)cc1I. The number of rotatable bonds is 7. The van der Waals surface area contributed by atoms with E-state index in [-0.39, 0.29) is 11.7 Å². The molecule has 144 valence electrons. The van der Waals surface area contributed by atoms with Gasteiger partial charge in [-0.25, -0.2) is 4.39 Å². The summed E-state index contributed by atoms with van der Waals surface area (Å²) in [7, 11) is 1.63. The van der Waals surface area contributed by atoms with Gasteiger partial charge >= 0.3 is 0 Å². The Morgan fingerprint density at radius 1 is 1.18 bits per heavy atom. The predicted octanol–water partition coefficient (Wildman–Crippen LogP) is 4.26. The van der Waals surface area contributed by atoms with E-state index in [2.05, 4.69) is 37.9 Å². The summed E-state index contributed by atoms with van der Waals surface area (Å²) in [5.41, 5.74) is 3.05. The summed E-state index contributed by atoms with van der Waals surface area (Å²) in [6.07, 6.45) is 7.37. The van der Waals surface area contributed by atoms with Crippen molar-refractivity contribution in [2.24, 2.45) is 0 Å². The van der Waals surface area contributed by atoms with E-state index in [0.29, 0.717) is 24.9 Å². The van der Waals surface area contributed by atoms with E-state index in [1.165, 1.54) is 12.3 Å². The van der Waals surface area contributed by atoms with Crippen molar-refractivity contribution in [3.63, 3.8) is 0 Å². The molecule has 0 bridgehead atoms. The van der Waals surface area contributed by atoms with Crippen LogP contribution in [-0.2, 0) is 6.42 Å². The van der Waals surface area contributed by atoms with Gasteiger partial charge in [0.15, 0.2) is 0 Å². The lowest BCUT2D eigenvalue weighted by molar-refractivity contribution is 0.0953. The maximum absolute atomic E-state index is 13.2. The molecular weight excluding hydrogens is 472 g/mol. The van der Waals surface area contributed by atoms with Crippen LogP contribution in [0.15, 0.2) is 55.1 Å². The predicted molar refractivity (Wildman–Crippen MR) is 114 cm³/mol. The zero-order chi connectivity index (χ0) is 19.9. The molecule has 3 rings (SSSR count). The standard InChI is InChI=1S/C21H19FIN3O2/c1-28-20-5-4-15(10-19(20)23)17-6-8-24-13-18(17)21(27)26-7-2-3-14-9-16(22)12-25-11-14/h4-6,8-13H,2-3,7H2,1H3,(H,26,27). The second-order valence-electron chi connectivity index (χ2n) is 6.14. The largest absolute Gasteiger partial charge is 0.496 e. The molecule has 0 radical (unpaired) electrons. The van der Waals surface area contributed by atoms with Crippen LogP contribution in [0.2, 0.25) is 0 Å². The van der Waals surface area contributed by atoms with Crippen molar-refractivity contribution in [3.05, 3.63) is 75.6 Å². The monoisotopic (exact) mass is 491 g/mol. The van der Waals surface area contributed by atoms with Gasteiger partial charge in [-0.1, -0.05) is 6.07 Å². The van der Waals surface area contributed by atoms with Crippen LogP contribution in [0.5, 0.6) is 5.75 Å². The number of carbonyl (C=O) groups excluding carboxylic acids is 1. The Morgan fingerprint density at radius 3 is 2.79 bits per heavy atom. The normalized spacial score (nSPS) is 10.5. The first-order valence-corrected chi connectivity index (χ1v) is 9.82. The van der Waals surface area contributed by atoms with Crippen LogP contribution in [0, 0.1) is 9.39 Å². The van der Waals surface area contributed by atoms with E-state index in [9.17, 15) is 9.18 Å². The van der Waals surface area contributed by atoms with Crippen LogP contribution in [0.3, 0.4) is 0 Å². The number of methoxy groups -OCH3 is 1. The second-order valence-corrected chi connectivity index (χ2v) is 7.30. The van der Waals surface area contributed by atoms with E-state index in [0.717, 1.165) is 26.0 Å². The lowest BCUT2D eigenvalue weighted by atomic mass is 10.0. The fraction of sp³-hybridized carbons (Fsp3) is 0.190. The van der Waals surface area contributed by atoms with Crippen LogP contribution in [-0.4, -0.2) is 29.5 Å². The van der Waals surface area contributed by atoms with Crippen molar-refractivity contribution in [2.45, 2.75) is 12.8 Å². The first kappa shape index (κ1) is 20.2. The van der Waals surface area contributed by atoms with Gasteiger partial charge in [-0.15, -0.1) is 0 Å². The molecule has 1 aromatic carbocycles. The summed E-state index contributed by atoms with van der Waals surface area (Å²) in [4.78, 5) is 20.6. The molecule has 0 saturated heterocycles. The number of ether oxygens (including phenoxy) is 1. The number of aromatic nitrogens is 2. The number of pyridine rings is 2. The lowest BCUT2D eigenvalue weighted by Gasteiger charge is -2.11. The molecule has 0 fully saturated rings. The minimum atomic E-state index is -0.351. The van der Waals surface area contributed by atoms with Crippen molar-refractivity contribution < 1.29 is 13.9 Å². The molecule has 0 atom stereocenters. The van der Waals surface area contributed by atoms with Crippen molar-refractivity contribution >= 4 is 28.5 Å². The van der Waals surface area contributed by atoms with Crippen molar-refractivity contribution in [1.29, 1.82) is 0 Å². The molecule has 1 amide bonds. The van der Waals surface area contributed by atoms with E-state index in [1.807, 2.05) is 24.3 Å². The highest BCUT2D eigenvalue weighted by atomic mass is 127. The number of carbonyl (C=O) groups is 1. The number of hydrogen-bond acceptors (Lipinski definition) is 4. The van der Waals surface area contributed by atoms with E-state index in [1.54, 1.807) is 25.7 Å². The number of hydrogen-bond donors (Lipinski definition) is 1. The highest BCUT2D eigenvalue weighted by Gasteiger charge is 2.14. The van der Waals surface area contributed by atoms with Crippen LogP contribution in [0.4, 0.5) is 4.39 Å². The zero-order valence-electron chi connectivity index (χ0n) is 15.3. The maximum Gasteiger partial charge on any atom is 0.253 e. The number of benzene rings is 1. The number of aryl methyl sites for hydroxylation is 1. The summed E-state index contributed by atoms with van der Waals surface area (Å²) in [5, 5.41) is 2.91. The first-order chi connectivity index (χ1) is 13.6. The molecule has 28 heavy (non-hydrogen) atoms. The van der Waals surface area contributed by atoms with Gasteiger partial charge in [0.2, 0.25) is 0 Å². The van der Waals surface area contributed by atoms with Crippen LogP contribution in [0.1, 0.15) is 22.3 Å². The molecule has 3 aromatic rings. The van der Waals surface area contributed by atoms with Crippen molar-refractivity contribution in [1.82, 2.24) is 15.3 Å². The maximum atomic E-state index is 13.2. The third-order valence-corrected chi connectivity index (χ3v) is 5.06. The van der Waals surface area contributed by atoms with Crippen LogP contribution in [0.25, 0.3) is 11.1 Å². The molecule has 0 aliphatic heterocycles. The molecule has 7 heteroatoms. The number of nitrogens with zero attached hydrogens (tertiary/aromatic N) is 2. The smallest absolute Gasteiger partial charge is 0.253 e. The quantitative estimate of drug-likeness (QED) is 0.397. The third kappa shape index (κ3) is 5.03. The summed E-state index contributed by atoms with van der Waals surface area (Å²) >= 11 is 2.20. The third-order valence-electron chi connectivity index (χ3n) is 4.22. The van der Waals surface area contributed by atoms with Crippen molar-refractivity contribution in [3.8, 4) is 16.9 Å². The van der Waals surface area contributed by atoms with Gasteiger partial charge in [-0.3, -0.25) is 14.8 Å². The molecule has 0 spiro atoms. The highest BCUT2D eigenvalue weighted by molar-refractivity contribution is 14.1. The summed E-state index contributed by atoms with van der Waals surface area (Å²) < 4.78 is 19.4. The van der Waals surface area contributed by atoms with Gasteiger partial charge in [0, 0.05) is 25.1 Å². The molecule has 0 aliphatic carbocycles. The minimum absolute atomic E-state index is 0.189. The number of nitrogens with one attached hydrogen (secondary N) is 1. The Morgan fingerprint density at radius 2 is 2.04 bits per heavy atom. The Hall–Kier alpha value is -2.55. The molecule has 0 saturated carbocycles. The Labute approximate surface area is 176 Å². The molecular formula is C21H19FIN3O2. The van der Waals surface area contributed by atoms with E-state index in [4.69, 9.17) is 4.74 Å². The van der Waals surface area contributed by atoms with Gasteiger partial charge in [-0.2, -0.15) is 0 Å². The second kappa shape index (κ2) is 9.59. The minimum Gasteiger partial charge on any atom is -0.496 e. The molecule has 0 unspecified atom stereocenters. The number of halogens is 2. The Bertz CT molecular complexity index is 981. The highest BCUT2D eigenvalue weighted by Crippen LogP contribution is 2.29. The van der Waals surface area contributed by atoms with Crippen LogP contribution < -0.4 is 10.1 Å². The topological polar surface area (TPSA) is 64.1 Å². The molecule has 2 heterocycles. The summed E-state index contributed by atoms with van der Waals surface area (Å²) in [5.74, 6) is 0.248. The zero-order valence-corrected chi connectivity index (χ0v) is 17.4. The first-order valence-electron chi connectivity index (χ1n) is 8.74. The van der Waals surface area contributed by atoms with Gasteiger partial charge in [0.25, 0.3) is 5.91 Å². The Balaban J connectivity index is 1.66. The molecule has 1 N–H and O–H groups in total. The molecule has 5 nitrogen and oxygen atoms in total. The van der Waals surface area contributed by atoms with Gasteiger partial charge < -0.3 is 10.1 Å². The lowest BCUT2D eigenvalue weighted by Crippen LogP contribution is -2.25. The molecule has 2 aromatic heterocycles. The van der Waals surface area contributed by atoms with Crippen molar-refractivity contribution in [2.75, 3.05) is 13.7 Å². The van der Waals surface area contributed by atoms with Gasteiger partial charge in [-0.05, 0) is 76.4 Å². The fourth-order valence-electron chi connectivity index (χ4n) is 2.84. The summed E-state index contributed by atoms with van der Waals surface area (Å²) in [6.45, 7) is 0.476. The fourth-order valence-corrected chi connectivity index (χ4v) is 3.58. The Kier molecular flexibility index (Phi) is 6.91. The average Bonchev–Trinajstić information content (AvgIpc) is 2.71. The van der Waals surface area contributed by atoms with Gasteiger partial charge in [0.05, 0.1) is 22.4 Å². The van der Waals surface area contributed by atoms with Gasteiger partial charge in [0.1, 0.15) is 11.6 Å². The summed E-state index contributed by atoms with van der Waals surface area (Å²) in [6, 6.07) is 9.06. The van der Waals surface area contributed by atoms with E-state index >= 15 is 0 Å².